The highest BCUT2D eigenvalue weighted by Crippen LogP contribution is 2.23. The maximum atomic E-state index is 13.4. The Bertz CT molecular complexity index is 1620. The van der Waals surface area contributed by atoms with Crippen LogP contribution in [0.15, 0.2) is 82.4 Å². The van der Waals surface area contributed by atoms with Gasteiger partial charge in [0.1, 0.15) is 5.39 Å². The summed E-state index contributed by atoms with van der Waals surface area (Å²) >= 11 is 0. The summed E-state index contributed by atoms with van der Waals surface area (Å²) in [7, 11) is 1.56. The molecular formula is C29H30N4O2. The fraction of sp³-hybridized carbons (Fsp3) is 0.276. The van der Waals surface area contributed by atoms with Crippen LogP contribution >= 0.6 is 0 Å². The van der Waals surface area contributed by atoms with Gasteiger partial charge in [-0.25, -0.2) is 4.79 Å². The molecule has 3 aromatic carbocycles. The van der Waals surface area contributed by atoms with Crippen LogP contribution in [-0.2, 0) is 33.0 Å². The fourth-order valence-electron chi connectivity index (χ4n) is 4.83. The molecule has 178 valence electrons. The number of hydrogen-bond donors (Lipinski definition) is 0. The van der Waals surface area contributed by atoms with E-state index >= 15 is 0 Å². The van der Waals surface area contributed by atoms with E-state index < -0.39 is 0 Å². The third-order valence-electron chi connectivity index (χ3n) is 6.57. The van der Waals surface area contributed by atoms with E-state index in [9.17, 15) is 9.59 Å². The van der Waals surface area contributed by atoms with Crippen LogP contribution in [0.25, 0.3) is 21.8 Å². The lowest BCUT2D eigenvalue weighted by molar-refractivity contribution is 0.497. The number of aromatic nitrogens is 4. The largest absolute Gasteiger partial charge is 0.332 e. The van der Waals surface area contributed by atoms with Crippen molar-refractivity contribution in [3.63, 3.8) is 0 Å². The van der Waals surface area contributed by atoms with E-state index in [0.29, 0.717) is 30.5 Å². The van der Waals surface area contributed by atoms with Gasteiger partial charge in [-0.2, -0.15) is 5.10 Å². The lowest BCUT2D eigenvalue weighted by Gasteiger charge is -2.11. The second-order valence-corrected chi connectivity index (χ2v) is 9.58. The smallest absolute Gasteiger partial charge is 0.276 e. The van der Waals surface area contributed by atoms with Gasteiger partial charge in [0.05, 0.1) is 12.2 Å². The van der Waals surface area contributed by atoms with Crippen molar-refractivity contribution in [2.45, 2.75) is 39.8 Å². The molecule has 0 spiro atoms. The summed E-state index contributed by atoms with van der Waals surface area (Å²) in [6.45, 7) is 5.16. The Kier molecular flexibility index (Phi) is 6.12. The van der Waals surface area contributed by atoms with Gasteiger partial charge in [-0.3, -0.25) is 18.6 Å². The first-order valence-electron chi connectivity index (χ1n) is 12.1. The number of aryl methyl sites for hydroxylation is 2. The van der Waals surface area contributed by atoms with Crippen LogP contribution in [0.3, 0.4) is 0 Å². The minimum atomic E-state index is -0.319. The molecule has 0 atom stereocenters. The predicted octanol–water partition coefficient (Wildman–Crippen LogP) is 4.54. The predicted molar refractivity (Wildman–Crippen MR) is 141 cm³/mol. The van der Waals surface area contributed by atoms with Crippen molar-refractivity contribution in [1.82, 2.24) is 18.9 Å². The zero-order valence-electron chi connectivity index (χ0n) is 20.4. The van der Waals surface area contributed by atoms with Gasteiger partial charge in [0.25, 0.3) is 5.56 Å². The van der Waals surface area contributed by atoms with Crippen molar-refractivity contribution in [3.8, 4) is 0 Å². The van der Waals surface area contributed by atoms with Crippen LogP contribution < -0.4 is 11.2 Å². The molecule has 2 aromatic heterocycles. The average molecular weight is 467 g/mol. The average Bonchev–Trinajstić information content (AvgIpc) is 3.22. The van der Waals surface area contributed by atoms with Crippen molar-refractivity contribution < 1.29 is 0 Å². The fourth-order valence-corrected chi connectivity index (χ4v) is 4.83. The SMILES string of the molecule is CC(C)Cn1c(=O)n(C)c(=O)c2c(CCc3ccccc3)n(Cc3cccc4ccccc34)nc21. The molecule has 0 radical (unpaired) electrons. The van der Waals surface area contributed by atoms with Crippen LogP contribution in [0.2, 0.25) is 0 Å². The summed E-state index contributed by atoms with van der Waals surface area (Å²) in [4.78, 5) is 26.4. The van der Waals surface area contributed by atoms with Crippen molar-refractivity contribution in [3.05, 3.63) is 110 Å². The molecule has 6 nitrogen and oxygen atoms in total. The molecule has 5 aromatic rings. The molecular weight excluding hydrogens is 436 g/mol. The summed E-state index contributed by atoms with van der Waals surface area (Å²) in [5.74, 6) is 0.240. The first-order valence-corrected chi connectivity index (χ1v) is 12.1. The van der Waals surface area contributed by atoms with Gasteiger partial charge < -0.3 is 0 Å². The highest BCUT2D eigenvalue weighted by molar-refractivity contribution is 5.85. The molecule has 0 saturated carbocycles. The van der Waals surface area contributed by atoms with Crippen LogP contribution in [-0.4, -0.2) is 18.9 Å². The van der Waals surface area contributed by atoms with Gasteiger partial charge in [0.2, 0.25) is 0 Å². The maximum absolute atomic E-state index is 13.4. The molecule has 0 N–H and O–H groups in total. The summed E-state index contributed by atoms with van der Waals surface area (Å²) < 4.78 is 4.82. The van der Waals surface area contributed by atoms with Gasteiger partial charge >= 0.3 is 5.69 Å². The molecule has 0 bridgehead atoms. The normalized spacial score (nSPS) is 11.7. The third-order valence-corrected chi connectivity index (χ3v) is 6.57. The highest BCUT2D eigenvalue weighted by atomic mass is 16.2. The highest BCUT2D eigenvalue weighted by Gasteiger charge is 2.22. The summed E-state index contributed by atoms with van der Waals surface area (Å²) in [5.41, 5.74) is 3.08. The zero-order chi connectivity index (χ0) is 24.5. The molecule has 0 aliphatic carbocycles. The second kappa shape index (κ2) is 9.37. The van der Waals surface area contributed by atoms with E-state index in [-0.39, 0.29) is 17.2 Å². The first kappa shape index (κ1) is 22.8. The number of benzene rings is 3. The number of rotatable bonds is 7. The van der Waals surface area contributed by atoms with Gasteiger partial charge in [-0.15, -0.1) is 0 Å². The molecule has 0 fully saturated rings. The van der Waals surface area contributed by atoms with Crippen molar-refractivity contribution in [1.29, 1.82) is 0 Å². The van der Waals surface area contributed by atoms with E-state index in [1.807, 2.05) is 35.0 Å². The Morgan fingerprint density at radius 1 is 0.857 bits per heavy atom. The molecule has 35 heavy (non-hydrogen) atoms. The Morgan fingerprint density at radius 2 is 1.57 bits per heavy atom. The molecule has 5 rings (SSSR count). The molecule has 0 aliphatic rings. The number of nitrogens with zero attached hydrogens (tertiary/aromatic N) is 4. The molecule has 0 saturated heterocycles. The Morgan fingerprint density at radius 3 is 2.34 bits per heavy atom. The van der Waals surface area contributed by atoms with Crippen LogP contribution in [0.5, 0.6) is 0 Å². The third kappa shape index (κ3) is 4.32. The minimum Gasteiger partial charge on any atom is -0.276 e. The minimum absolute atomic E-state index is 0.240. The quantitative estimate of drug-likeness (QED) is 0.354. The Hall–Kier alpha value is -3.93. The van der Waals surface area contributed by atoms with E-state index in [2.05, 4.69) is 56.3 Å². The molecule has 0 unspecified atom stereocenters. The molecule has 2 heterocycles. The first-order chi connectivity index (χ1) is 16.9. The van der Waals surface area contributed by atoms with E-state index in [4.69, 9.17) is 5.10 Å². The van der Waals surface area contributed by atoms with Gasteiger partial charge in [-0.1, -0.05) is 86.6 Å². The standard InChI is InChI=1S/C29H30N4O2/c1-20(2)18-32-27-26(28(34)31(3)29(32)35)25(17-16-21-10-5-4-6-11-21)33(30-27)19-23-14-9-13-22-12-7-8-15-24(22)23/h4-15,20H,16-19H2,1-3H3. The van der Waals surface area contributed by atoms with E-state index in [1.165, 1.54) is 15.5 Å². The van der Waals surface area contributed by atoms with Crippen LogP contribution in [0, 0.1) is 5.92 Å². The van der Waals surface area contributed by atoms with E-state index in [0.717, 1.165) is 23.1 Å². The molecule has 0 aliphatic heterocycles. The van der Waals surface area contributed by atoms with E-state index in [1.54, 1.807) is 11.6 Å². The summed E-state index contributed by atoms with van der Waals surface area (Å²) in [5, 5.41) is 7.78. The van der Waals surface area contributed by atoms with Crippen molar-refractivity contribution in [2.75, 3.05) is 0 Å². The number of hydrogen-bond acceptors (Lipinski definition) is 3. The Labute approximate surface area is 204 Å². The summed E-state index contributed by atoms with van der Waals surface area (Å²) in [6.07, 6.45) is 1.43. The summed E-state index contributed by atoms with van der Waals surface area (Å²) in [6, 6.07) is 24.8. The lowest BCUT2D eigenvalue weighted by Crippen LogP contribution is -2.39. The monoisotopic (exact) mass is 466 g/mol. The second-order valence-electron chi connectivity index (χ2n) is 9.58. The topological polar surface area (TPSA) is 61.8 Å². The van der Waals surface area contributed by atoms with Gasteiger partial charge in [0.15, 0.2) is 5.65 Å². The molecule has 0 amide bonds. The lowest BCUT2D eigenvalue weighted by atomic mass is 10.0. The van der Waals surface area contributed by atoms with Gasteiger partial charge in [-0.05, 0) is 40.7 Å². The maximum Gasteiger partial charge on any atom is 0.332 e. The Balaban J connectivity index is 1.71. The van der Waals surface area contributed by atoms with Crippen molar-refractivity contribution in [2.24, 2.45) is 13.0 Å². The van der Waals surface area contributed by atoms with Gasteiger partial charge in [0, 0.05) is 13.6 Å². The van der Waals surface area contributed by atoms with Crippen LogP contribution in [0.4, 0.5) is 0 Å². The zero-order valence-corrected chi connectivity index (χ0v) is 20.4. The van der Waals surface area contributed by atoms with Crippen LogP contribution in [0.1, 0.15) is 30.7 Å². The molecule has 6 heteroatoms. The van der Waals surface area contributed by atoms with Crippen molar-refractivity contribution >= 4 is 21.8 Å². The number of fused-ring (bicyclic) bond motifs is 2.